The van der Waals surface area contributed by atoms with E-state index in [0.717, 1.165) is 30.3 Å². The molecule has 2 amide bonds. The van der Waals surface area contributed by atoms with E-state index in [1.807, 2.05) is 24.3 Å². The lowest BCUT2D eigenvalue weighted by molar-refractivity contribution is -0.125. The first-order chi connectivity index (χ1) is 12.9. The summed E-state index contributed by atoms with van der Waals surface area (Å²) in [5, 5.41) is 0. The maximum absolute atomic E-state index is 13.7. The van der Waals surface area contributed by atoms with Gasteiger partial charge in [0.1, 0.15) is 11.6 Å². The highest BCUT2D eigenvalue weighted by Crippen LogP contribution is 2.22. The first kappa shape index (κ1) is 18.8. The fourth-order valence-corrected chi connectivity index (χ4v) is 2.96. The molecule has 0 unspecified atom stereocenters. The average molecular weight is 370 g/mol. The number of nitrogens with zero attached hydrogens (tertiary/aromatic N) is 2. The van der Waals surface area contributed by atoms with Crippen LogP contribution in [0.2, 0.25) is 0 Å². The number of rotatable bonds is 5. The highest BCUT2D eigenvalue weighted by molar-refractivity contribution is 5.95. The third kappa shape index (κ3) is 4.58. The molecule has 1 saturated heterocycles. The van der Waals surface area contributed by atoms with Gasteiger partial charge in [0.15, 0.2) is 0 Å². The van der Waals surface area contributed by atoms with E-state index in [1.54, 1.807) is 18.0 Å². The van der Waals surface area contributed by atoms with Gasteiger partial charge in [-0.05, 0) is 36.3 Å². The molecule has 27 heavy (non-hydrogen) atoms. The second-order valence-corrected chi connectivity index (χ2v) is 6.50. The smallest absolute Gasteiger partial charge is 0.246 e. The molecule has 1 aliphatic heterocycles. The molecule has 0 N–H and O–H groups in total. The Kier molecular flexibility index (Phi) is 5.64. The van der Waals surface area contributed by atoms with Gasteiger partial charge in [0.2, 0.25) is 11.8 Å². The van der Waals surface area contributed by atoms with Crippen LogP contribution in [0.4, 0.5) is 14.5 Å². The first-order valence-electron chi connectivity index (χ1n) is 8.71. The Morgan fingerprint density at radius 1 is 1.19 bits per heavy atom. The number of likely N-dealkylation sites (N-methyl/N-ethyl adjacent to an activating group) is 1. The van der Waals surface area contributed by atoms with E-state index in [0.29, 0.717) is 6.42 Å². The molecule has 2 aromatic carbocycles. The molecule has 0 spiro atoms. The van der Waals surface area contributed by atoms with Crippen molar-refractivity contribution in [2.75, 3.05) is 18.5 Å². The largest absolute Gasteiger partial charge is 0.338 e. The van der Waals surface area contributed by atoms with E-state index >= 15 is 0 Å². The van der Waals surface area contributed by atoms with Gasteiger partial charge < -0.3 is 9.80 Å². The highest BCUT2D eigenvalue weighted by Gasteiger charge is 2.21. The number of benzene rings is 2. The summed E-state index contributed by atoms with van der Waals surface area (Å²) in [6.07, 6.45) is 4.51. The number of amides is 2. The normalized spacial score (nSPS) is 14.2. The summed E-state index contributed by atoms with van der Waals surface area (Å²) in [7, 11) is 1.55. The fraction of sp³-hybridized carbons (Fsp3) is 0.238. The number of hydrogen-bond donors (Lipinski definition) is 0. The van der Waals surface area contributed by atoms with Crippen molar-refractivity contribution >= 4 is 23.6 Å². The second-order valence-electron chi connectivity index (χ2n) is 6.50. The fourth-order valence-electron chi connectivity index (χ4n) is 2.96. The maximum atomic E-state index is 13.7. The van der Waals surface area contributed by atoms with Crippen molar-refractivity contribution in [3.05, 3.63) is 71.3 Å². The quantitative estimate of drug-likeness (QED) is 0.752. The Hall–Kier alpha value is -3.02. The summed E-state index contributed by atoms with van der Waals surface area (Å²) in [5.41, 5.74) is 1.92. The molecule has 4 nitrogen and oxygen atoms in total. The lowest BCUT2D eigenvalue weighted by atomic mass is 10.1. The third-order valence-electron chi connectivity index (χ3n) is 4.50. The molecule has 0 radical (unpaired) electrons. The molecule has 0 aromatic heterocycles. The first-order valence-corrected chi connectivity index (χ1v) is 8.71. The molecule has 0 saturated carbocycles. The van der Waals surface area contributed by atoms with E-state index in [-0.39, 0.29) is 23.9 Å². The summed E-state index contributed by atoms with van der Waals surface area (Å²) in [5.74, 6) is -1.49. The SMILES string of the molecule is CN(Cc1ccc(F)cc1F)C(=O)/C=C/c1ccc(N2CCCC2=O)cc1. The number of hydrogen-bond acceptors (Lipinski definition) is 2. The van der Waals surface area contributed by atoms with Crippen LogP contribution in [0, 0.1) is 11.6 Å². The molecule has 0 atom stereocenters. The Bertz CT molecular complexity index is 878. The minimum Gasteiger partial charge on any atom is -0.338 e. The molecular formula is C21H20F2N2O2. The maximum Gasteiger partial charge on any atom is 0.246 e. The lowest BCUT2D eigenvalue weighted by Gasteiger charge is -2.16. The standard InChI is InChI=1S/C21H20F2N2O2/c1-24(14-16-7-8-17(22)13-19(16)23)20(26)11-6-15-4-9-18(10-5-15)25-12-2-3-21(25)27/h4-11,13H,2-3,12,14H2,1H3/b11-6+. The molecule has 1 fully saturated rings. The summed E-state index contributed by atoms with van der Waals surface area (Å²) in [6, 6.07) is 10.7. The Morgan fingerprint density at radius 3 is 2.56 bits per heavy atom. The molecule has 1 heterocycles. The number of anilines is 1. The monoisotopic (exact) mass is 370 g/mol. The number of carbonyl (C=O) groups is 2. The number of halogens is 2. The summed E-state index contributed by atoms with van der Waals surface area (Å²) in [6.45, 7) is 0.780. The molecule has 0 bridgehead atoms. The van der Waals surface area contributed by atoms with Crippen LogP contribution < -0.4 is 4.90 Å². The van der Waals surface area contributed by atoms with Crippen LogP contribution in [-0.4, -0.2) is 30.3 Å². The zero-order valence-electron chi connectivity index (χ0n) is 15.0. The Balaban J connectivity index is 1.61. The van der Waals surface area contributed by atoms with Gasteiger partial charge in [0.25, 0.3) is 0 Å². The van der Waals surface area contributed by atoms with Gasteiger partial charge in [-0.2, -0.15) is 0 Å². The Labute approximate surface area is 156 Å². The average Bonchev–Trinajstić information content (AvgIpc) is 3.08. The molecule has 3 rings (SSSR count). The molecule has 140 valence electrons. The van der Waals surface area contributed by atoms with E-state index in [1.165, 1.54) is 23.1 Å². The van der Waals surface area contributed by atoms with Crippen LogP contribution in [0.1, 0.15) is 24.0 Å². The van der Waals surface area contributed by atoms with Crippen molar-refractivity contribution in [1.82, 2.24) is 4.90 Å². The van der Waals surface area contributed by atoms with Gasteiger partial charge in [0, 0.05) is 50.0 Å². The van der Waals surface area contributed by atoms with Crippen molar-refractivity contribution in [3.8, 4) is 0 Å². The van der Waals surface area contributed by atoms with Gasteiger partial charge in [-0.1, -0.05) is 18.2 Å². The minimum atomic E-state index is -0.675. The predicted octanol–water partition coefficient (Wildman–Crippen LogP) is 3.76. The van der Waals surface area contributed by atoms with Gasteiger partial charge in [0.05, 0.1) is 0 Å². The topological polar surface area (TPSA) is 40.6 Å². The van der Waals surface area contributed by atoms with E-state index in [2.05, 4.69) is 0 Å². The van der Waals surface area contributed by atoms with Gasteiger partial charge in [-0.25, -0.2) is 8.78 Å². The lowest BCUT2D eigenvalue weighted by Crippen LogP contribution is -2.24. The highest BCUT2D eigenvalue weighted by atomic mass is 19.1. The molecule has 1 aliphatic rings. The van der Waals surface area contributed by atoms with Crippen molar-refractivity contribution in [1.29, 1.82) is 0 Å². The zero-order chi connectivity index (χ0) is 19.4. The van der Waals surface area contributed by atoms with Crippen LogP contribution >= 0.6 is 0 Å². The summed E-state index contributed by atoms with van der Waals surface area (Å²) in [4.78, 5) is 27.1. The van der Waals surface area contributed by atoms with Gasteiger partial charge in [-0.3, -0.25) is 9.59 Å². The molecule has 6 heteroatoms. The predicted molar refractivity (Wildman–Crippen MR) is 99.9 cm³/mol. The second kappa shape index (κ2) is 8.12. The zero-order valence-corrected chi connectivity index (χ0v) is 15.0. The van der Waals surface area contributed by atoms with E-state index < -0.39 is 11.6 Å². The summed E-state index contributed by atoms with van der Waals surface area (Å²) >= 11 is 0. The van der Waals surface area contributed by atoms with Crippen LogP contribution in [0.5, 0.6) is 0 Å². The van der Waals surface area contributed by atoms with Crippen molar-refractivity contribution in [3.63, 3.8) is 0 Å². The minimum absolute atomic E-state index is 0.0469. The molecule has 2 aromatic rings. The summed E-state index contributed by atoms with van der Waals surface area (Å²) < 4.78 is 26.6. The molecule has 0 aliphatic carbocycles. The molecular weight excluding hydrogens is 350 g/mol. The van der Waals surface area contributed by atoms with Crippen LogP contribution in [0.25, 0.3) is 6.08 Å². The van der Waals surface area contributed by atoms with Gasteiger partial charge >= 0.3 is 0 Å². The van der Waals surface area contributed by atoms with Crippen molar-refractivity contribution in [2.24, 2.45) is 0 Å². The third-order valence-corrected chi connectivity index (χ3v) is 4.50. The van der Waals surface area contributed by atoms with E-state index in [4.69, 9.17) is 0 Å². The van der Waals surface area contributed by atoms with Crippen LogP contribution in [0.15, 0.2) is 48.5 Å². The van der Waals surface area contributed by atoms with Crippen LogP contribution in [0.3, 0.4) is 0 Å². The van der Waals surface area contributed by atoms with Crippen molar-refractivity contribution in [2.45, 2.75) is 19.4 Å². The number of carbonyl (C=O) groups excluding carboxylic acids is 2. The Morgan fingerprint density at radius 2 is 1.93 bits per heavy atom. The van der Waals surface area contributed by atoms with Crippen LogP contribution in [-0.2, 0) is 16.1 Å². The van der Waals surface area contributed by atoms with E-state index in [9.17, 15) is 18.4 Å². The van der Waals surface area contributed by atoms with Crippen molar-refractivity contribution < 1.29 is 18.4 Å². The van der Waals surface area contributed by atoms with Gasteiger partial charge in [-0.15, -0.1) is 0 Å².